The van der Waals surface area contributed by atoms with E-state index in [2.05, 4.69) is 15.1 Å². The molecule has 0 aliphatic rings. The van der Waals surface area contributed by atoms with Crippen molar-refractivity contribution >= 4 is 5.69 Å². The SMILES string of the molecule is O=c1c(-c2ccccn2)cc(-c2cccnc2)nn1-c1ccccc1[N+](=O)[O-]. The lowest BCUT2D eigenvalue weighted by Gasteiger charge is -2.11. The maximum Gasteiger partial charge on any atom is 0.295 e. The van der Waals surface area contributed by atoms with E-state index < -0.39 is 10.5 Å². The molecule has 0 radical (unpaired) electrons. The molecule has 3 heterocycles. The van der Waals surface area contributed by atoms with Gasteiger partial charge in [-0.1, -0.05) is 18.2 Å². The Morgan fingerprint density at radius 1 is 0.929 bits per heavy atom. The van der Waals surface area contributed by atoms with Crippen LogP contribution in [0.25, 0.3) is 28.2 Å². The van der Waals surface area contributed by atoms with Crippen LogP contribution in [0.3, 0.4) is 0 Å². The fourth-order valence-corrected chi connectivity index (χ4v) is 2.82. The van der Waals surface area contributed by atoms with Gasteiger partial charge in [0.25, 0.3) is 11.2 Å². The first-order valence-electron chi connectivity index (χ1n) is 8.35. The summed E-state index contributed by atoms with van der Waals surface area (Å²) in [4.78, 5) is 32.4. The molecule has 0 spiro atoms. The molecular weight excluding hydrogens is 358 g/mol. The highest BCUT2D eigenvalue weighted by atomic mass is 16.6. The normalized spacial score (nSPS) is 10.6. The lowest BCUT2D eigenvalue weighted by Crippen LogP contribution is -2.24. The van der Waals surface area contributed by atoms with Crippen LogP contribution in [-0.4, -0.2) is 24.7 Å². The Morgan fingerprint density at radius 2 is 1.75 bits per heavy atom. The van der Waals surface area contributed by atoms with Crippen molar-refractivity contribution in [3.63, 3.8) is 0 Å². The van der Waals surface area contributed by atoms with Crippen LogP contribution in [0.15, 0.2) is 84.0 Å². The molecule has 3 aromatic heterocycles. The van der Waals surface area contributed by atoms with Gasteiger partial charge in [-0.2, -0.15) is 9.78 Å². The molecule has 0 unspecified atom stereocenters. The van der Waals surface area contributed by atoms with Crippen molar-refractivity contribution in [2.24, 2.45) is 0 Å². The van der Waals surface area contributed by atoms with Crippen LogP contribution in [0.1, 0.15) is 0 Å². The fourth-order valence-electron chi connectivity index (χ4n) is 2.82. The van der Waals surface area contributed by atoms with Gasteiger partial charge in [-0.3, -0.25) is 24.9 Å². The minimum absolute atomic E-state index is 0.0837. The number of nitrogens with zero attached hydrogens (tertiary/aromatic N) is 5. The van der Waals surface area contributed by atoms with Gasteiger partial charge in [0.1, 0.15) is 5.69 Å². The number of nitro groups is 1. The summed E-state index contributed by atoms with van der Waals surface area (Å²) in [6, 6.07) is 16.4. The average Bonchev–Trinajstić information content (AvgIpc) is 2.75. The lowest BCUT2D eigenvalue weighted by molar-refractivity contribution is -0.384. The van der Waals surface area contributed by atoms with Gasteiger partial charge in [0, 0.05) is 30.2 Å². The highest BCUT2D eigenvalue weighted by Gasteiger charge is 2.20. The van der Waals surface area contributed by atoms with E-state index in [1.54, 1.807) is 61.1 Å². The standard InChI is InChI=1S/C20H13N5O3/c26-20-15(16-7-3-4-11-22-16)12-17(14-6-5-10-21-13-14)23-24(20)18-8-1-2-9-19(18)25(27)28/h1-13H. The van der Waals surface area contributed by atoms with Crippen molar-refractivity contribution in [2.75, 3.05) is 0 Å². The van der Waals surface area contributed by atoms with Gasteiger partial charge in [0.05, 0.1) is 21.9 Å². The zero-order chi connectivity index (χ0) is 19.5. The monoisotopic (exact) mass is 371 g/mol. The molecule has 8 heteroatoms. The molecule has 0 aliphatic heterocycles. The molecular formula is C20H13N5O3. The first-order chi connectivity index (χ1) is 13.6. The minimum atomic E-state index is -0.541. The Balaban J connectivity index is 2.04. The molecule has 0 amide bonds. The van der Waals surface area contributed by atoms with E-state index >= 15 is 0 Å². The van der Waals surface area contributed by atoms with Crippen molar-refractivity contribution in [3.8, 4) is 28.2 Å². The Hall–Kier alpha value is -4.20. The zero-order valence-electron chi connectivity index (χ0n) is 14.5. The summed E-state index contributed by atoms with van der Waals surface area (Å²) in [5, 5.41) is 15.8. The van der Waals surface area contributed by atoms with Gasteiger partial charge >= 0.3 is 0 Å². The maximum atomic E-state index is 13.2. The minimum Gasteiger partial charge on any atom is -0.267 e. The Kier molecular flexibility index (Phi) is 4.43. The van der Waals surface area contributed by atoms with Crippen LogP contribution < -0.4 is 5.56 Å². The van der Waals surface area contributed by atoms with E-state index in [0.29, 0.717) is 17.0 Å². The zero-order valence-corrected chi connectivity index (χ0v) is 14.5. The highest BCUT2D eigenvalue weighted by molar-refractivity contribution is 5.68. The van der Waals surface area contributed by atoms with E-state index in [0.717, 1.165) is 4.68 Å². The van der Waals surface area contributed by atoms with Crippen LogP contribution >= 0.6 is 0 Å². The number of hydrogen-bond acceptors (Lipinski definition) is 6. The molecule has 0 saturated heterocycles. The molecule has 0 saturated carbocycles. The van der Waals surface area contributed by atoms with Crippen molar-refractivity contribution in [1.29, 1.82) is 0 Å². The summed E-state index contributed by atoms with van der Waals surface area (Å²) in [6.07, 6.45) is 4.81. The molecule has 0 N–H and O–H groups in total. The number of para-hydroxylation sites is 2. The van der Waals surface area contributed by atoms with E-state index in [9.17, 15) is 14.9 Å². The van der Waals surface area contributed by atoms with E-state index in [-0.39, 0.29) is 16.9 Å². The lowest BCUT2D eigenvalue weighted by atomic mass is 10.1. The summed E-state index contributed by atoms with van der Waals surface area (Å²) in [7, 11) is 0. The molecule has 0 fully saturated rings. The molecule has 1 aromatic carbocycles. The number of rotatable bonds is 4. The van der Waals surface area contributed by atoms with Gasteiger partial charge in [0.2, 0.25) is 0 Å². The van der Waals surface area contributed by atoms with Crippen molar-refractivity contribution in [2.45, 2.75) is 0 Å². The van der Waals surface area contributed by atoms with Gasteiger partial charge in [-0.25, -0.2) is 0 Å². The Labute approximate surface area is 158 Å². The number of pyridine rings is 2. The second kappa shape index (κ2) is 7.20. The van der Waals surface area contributed by atoms with Crippen molar-refractivity contribution < 1.29 is 4.92 Å². The summed E-state index contributed by atoms with van der Waals surface area (Å²) >= 11 is 0. The van der Waals surface area contributed by atoms with Crippen molar-refractivity contribution in [1.82, 2.24) is 19.7 Å². The van der Waals surface area contributed by atoms with E-state index in [4.69, 9.17) is 0 Å². The Morgan fingerprint density at radius 3 is 2.46 bits per heavy atom. The van der Waals surface area contributed by atoms with Crippen LogP contribution in [-0.2, 0) is 0 Å². The second-order valence-corrected chi connectivity index (χ2v) is 5.86. The third-order valence-corrected chi connectivity index (χ3v) is 4.12. The van der Waals surface area contributed by atoms with Crippen LogP contribution in [0.4, 0.5) is 5.69 Å². The number of benzene rings is 1. The predicted octanol–water partition coefficient (Wildman–Crippen LogP) is 3.26. The third-order valence-electron chi connectivity index (χ3n) is 4.12. The van der Waals surface area contributed by atoms with E-state index in [1.807, 2.05) is 0 Å². The average molecular weight is 371 g/mol. The van der Waals surface area contributed by atoms with Crippen molar-refractivity contribution in [3.05, 3.63) is 99.7 Å². The summed E-state index contributed by atoms with van der Waals surface area (Å²) in [5.41, 5.74) is 1.23. The molecule has 28 heavy (non-hydrogen) atoms. The van der Waals surface area contributed by atoms with Crippen LogP contribution in [0, 0.1) is 10.1 Å². The maximum absolute atomic E-state index is 13.2. The predicted molar refractivity (Wildman–Crippen MR) is 103 cm³/mol. The molecule has 0 atom stereocenters. The molecule has 0 bridgehead atoms. The topological polar surface area (TPSA) is 104 Å². The largest absolute Gasteiger partial charge is 0.295 e. The van der Waals surface area contributed by atoms with Gasteiger partial charge in [-0.15, -0.1) is 0 Å². The number of hydrogen-bond donors (Lipinski definition) is 0. The van der Waals surface area contributed by atoms with Gasteiger partial charge in [0.15, 0.2) is 0 Å². The van der Waals surface area contributed by atoms with Crippen LogP contribution in [0.2, 0.25) is 0 Å². The quantitative estimate of drug-likeness (QED) is 0.403. The smallest absolute Gasteiger partial charge is 0.267 e. The first kappa shape index (κ1) is 17.2. The summed E-state index contributed by atoms with van der Waals surface area (Å²) in [5.74, 6) is 0. The summed E-state index contributed by atoms with van der Waals surface area (Å²) < 4.78 is 1.05. The first-order valence-corrected chi connectivity index (χ1v) is 8.35. The number of nitro benzene ring substituents is 1. The molecule has 0 aliphatic carbocycles. The second-order valence-electron chi connectivity index (χ2n) is 5.86. The van der Waals surface area contributed by atoms with E-state index in [1.165, 1.54) is 18.2 Å². The molecule has 136 valence electrons. The summed E-state index contributed by atoms with van der Waals surface area (Å²) in [6.45, 7) is 0. The highest BCUT2D eigenvalue weighted by Crippen LogP contribution is 2.24. The van der Waals surface area contributed by atoms with Gasteiger partial charge < -0.3 is 0 Å². The fraction of sp³-hybridized carbons (Fsp3) is 0. The molecule has 8 nitrogen and oxygen atoms in total. The Bertz CT molecular complexity index is 1210. The molecule has 4 rings (SSSR count). The van der Waals surface area contributed by atoms with Crippen LogP contribution in [0.5, 0.6) is 0 Å². The molecule has 4 aromatic rings. The number of aromatic nitrogens is 4. The van der Waals surface area contributed by atoms with Gasteiger partial charge in [-0.05, 0) is 36.4 Å². The third kappa shape index (κ3) is 3.14.